The van der Waals surface area contributed by atoms with Crippen molar-refractivity contribution in [3.05, 3.63) is 59.1 Å². The van der Waals surface area contributed by atoms with E-state index in [1.54, 1.807) is 24.5 Å². The molecule has 2 heterocycles. The van der Waals surface area contributed by atoms with Gasteiger partial charge in [-0.2, -0.15) is 0 Å². The summed E-state index contributed by atoms with van der Waals surface area (Å²) in [7, 11) is 0. The highest BCUT2D eigenvalue weighted by Crippen LogP contribution is 2.05. The Labute approximate surface area is 110 Å². The first kappa shape index (κ1) is 12.5. The summed E-state index contributed by atoms with van der Waals surface area (Å²) in [5.41, 5.74) is 1.60. The van der Waals surface area contributed by atoms with Crippen LogP contribution in [0.4, 0.5) is 0 Å². The monoisotopic (exact) mass is 261 g/mol. The van der Waals surface area contributed by atoms with Crippen LogP contribution in [-0.2, 0) is 6.42 Å². The Balaban J connectivity index is 1.84. The van der Waals surface area contributed by atoms with E-state index < -0.39 is 0 Å². The lowest BCUT2D eigenvalue weighted by Gasteiger charge is -2.04. The average Bonchev–Trinajstić information content (AvgIpc) is 2.40. The second kappa shape index (κ2) is 6.12. The van der Waals surface area contributed by atoms with Gasteiger partial charge in [0.2, 0.25) is 0 Å². The third-order valence-corrected chi connectivity index (χ3v) is 2.64. The normalized spacial score (nSPS) is 10.1. The number of aromatic nitrogens is 2. The van der Waals surface area contributed by atoms with Gasteiger partial charge in [-0.05, 0) is 30.2 Å². The summed E-state index contributed by atoms with van der Waals surface area (Å²) < 4.78 is 0. The van der Waals surface area contributed by atoms with Crippen LogP contribution < -0.4 is 5.32 Å². The number of hydrogen-bond donors (Lipinski definition) is 1. The van der Waals surface area contributed by atoms with Gasteiger partial charge in [0.05, 0.1) is 5.56 Å². The van der Waals surface area contributed by atoms with E-state index in [0.717, 1.165) is 12.0 Å². The average molecular weight is 262 g/mol. The number of nitrogens with zero attached hydrogens (tertiary/aromatic N) is 2. The predicted molar refractivity (Wildman–Crippen MR) is 69.5 cm³/mol. The third-order valence-electron chi connectivity index (χ3n) is 2.41. The van der Waals surface area contributed by atoms with Gasteiger partial charge in [-0.3, -0.25) is 9.78 Å². The molecule has 5 heteroatoms. The maximum Gasteiger partial charge on any atom is 0.252 e. The van der Waals surface area contributed by atoms with Crippen LogP contribution in [-0.4, -0.2) is 22.4 Å². The molecule has 18 heavy (non-hydrogen) atoms. The third kappa shape index (κ3) is 3.53. The topological polar surface area (TPSA) is 54.9 Å². The zero-order valence-corrected chi connectivity index (χ0v) is 10.4. The minimum Gasteiger partial charge on any atom is -0.352 e. The van der Waals surface area contributed by atoms with Crippen molar-refractivity contribution < 1.29 is 4.79 Å². The molecule has 0 spiro atoms. The van der Waals surface area contributed by atoms with E-state index in [-0.39, 0.29) is 5.91 Å². The molecular weight excluding hydrogens is 250 g/mol. The second-order valence-electron chi connectivity index (χ2n) is 3.74. The van der Waals surface area contributed by atoms with Gasteiger partial charge in [0.1, 0.15) is 5.15 Å². The number of halogens is 1. The number of nitrogens with one attached hydrogen (secondary N) is 1. The fourth-order valence-corrected chi connectivity index (χ4v) is 1.59. The minimum atomic E-state index is -0.150. The summed E-state index contributed by atoms with van der Waals surface area (Å²) in [6.07, 6.45) is 5.72. The van der Waals surface area contributed by atoms with Gasteiger partial charge in [0.25, 0.3) is 5.91 Å². The van der Waals surface area contributed by atoms with Crippen molar-refractivity contribution in [2.24, 2.45) is 0 Å². The first-order valence-electron chi connectivity index (χ1n) is 5.54. The van der Waals surface area contributed by atoms with Crippen LogP contribution in [0.25, 0.3) is 0 Å². The molecule has 0 saturated heterocycles. The highest BCUT2D eigenvalue weighted by atomic mass is 35.5. The van der Waals surface area contributed by atoms with Crippen molar-refractivity contribution in [3.8, 4) is 0 Å². The molecule has 2 aromatic rings. The van der Waals surface area contributed by atoms with E-state index >= 15 is 0 Å². The van der Waals surface area contributed by atoms with Crippen LogP contribution in [0, 0.1) is 0 Å². The zero-order valence-electron chi connectivity index (χ0n) is 9.64. The zero-order chi connectivity index (χ0) is 12.8. The molecule has 0 fully saturated rings. The molecule has 0 bridgehead atoms. The van der Waals surface area contributed by atoms with Gasteiger partial charge in [0, 0.05) is 25.1 Å². The molecule has 1 N–H and O–H groups in total. The summed E-state index contributed by atoms with van der Waals surface area (Å²) in [6.45, 7) is 0.563. The summed E-state index contributed by atoms with van der Waals surface area (Å²) in [4.78, 5) is 19.6. The van der Waals surface area contributed by atoms with Crippen LogP contribution >= 0.6 is 11.6 Å². The smallest absolute Gasteiger partial charge is 0.252 e. The Morgan fingerprint density at radius 3 is 2.83 bits per heavy atom. The molecule has 4 nitrogen and oxygen atoms in total. The molecule has 0 aromatic carbocycles. The van der Waals surface area contributed by atoms with Gasteiger partial charge in [-0.15, -0.1) is 0 Å². The van der Waals surface area contributed by atoms with Crippen molar-refractivity contribution in [2.45, 2.75) is 6.42 Å². The molecule has 0 radical (unpaired) electrons. The number of carbonyl (C=O) groups excluding carboxylic acids is 1. The first-order valence-corrected chi connectivity index (χ1v) is 5.92. The maximum atomic E-state index is 11.7. The molecule has 0 aliphatic carbocycles. The largest absolute Gasteiger partial charge is 0.352 e. The molecule has 2 aromatic heterocycles. The van der Waals surface area contributed by atoms with Gasteiger partial charge in [-0.25, -0.2) is 4.98 Å². The maximum absolute atomic E-state index is 11.7. The van der Waals surface area contributed by atoms with Crippen molar-refractivity contribution in [3.63, 3.8) is 0 Å². The van der Waals surface area contributed by atoms with Crippen molar-refractivity contribution in [1.82, 2.24) is 15.3 Å². The second-order valence-corrected chi connectivity index (χ2v) is 4.12. The standard InChI is InChI=1S/C13H12ClN3O/c14-12-4-3-11(9-17-12)13(18)16-7-5-10-2-1-6-15-8-10/h1-4,6,8-9H,5,7H2,(H,16,18). The predicted octanol–water partition coefficient (Wildman–Crippen LogP) is 2.10. The number of carbonyl (C=O) groups is 1. The molecule has 0 atom stereocenters. The van der Waals surface area contributed by atoms with Crippen LogP contribution in [0.5, 0.6) is 0 Å². The van der Waals surface area contributed by atoms with E-state index in [4.69, 9.17) is 11.6 Å². The fraction of sp³-hybridized carbons (Fsp3) is 0.154. The highest BCUT2D eigenvalue weighted by Gasteiger charge is 2.04. The molecule has 0 unspecified atom stereocenters. The molecule has 0 aliphatic heterocycles. The Kier molecular flexibility index (Phi) is 4.25. The fourth-order valence-electron chi connectivity index (χ4n) is 1.48. The summed E-state index contributed by atoms with van der Waals surface area (Å²) in [5.74, 6) is -0.150. The lowest BCUT2D eigenvalue weighted by Crippen LogP contribution is -2.25. The summed E-state index contributed by atoms with van der Waals surface area (Å²) in [6, 6.07) is 7.09. The number of rotatable bonds is 4. The van der Waals surface area contributed by atoms with E-state index in [1.807, 2.05) is 12.1 Å². The number of pyridine rings is 2. The van der Waals surface area contributed by atoms with E-state index in [2.05, 4.69) is 15.3 Å². The number of hydrogen-bond acceptors (Lipinski definition) is 3. The quantitative estimate of drug-likeness (QED) is 0.858. The SMILES string of the molecule is O=C(NCCc1cccnc1)c1ccc(Cl)nc1. The van der Waals surface area contributed by atoms with Crippen molar-refractivity contribution in [2.75, 3.05) is 6.54 Å². The Morgan fingerprint density at radius 2 is 2.17 bits per heavy atom. The van der Waals surface area contributed by atoms with E-state index in [9.17, 15) is 4.79 Å². The molecule has 0 aliphatic rings. The molecule has 1 amide bonds. The molecule has 0 saturated carbocycles. The van der Waals surface area contributed by atoms with Crippen molar-refractivity contribution in [1.29, 1.82) is 0 Å². The number of amides is 1. The summed E-state index contributed by atoms with van der Waals surface area (Å²) >= 11 is 5.65. The lowest BCUT2D eigenvalue weighted by molar-refractivity contribution is 0.0954. The summed E-state index contributed by atoms with van der Waals surface area (Å²) in [5, 5.41) is 3.19. The molecular formula is C13H12ClN3O. The van der Waals surface area contributed by atoms with Crippen LogP contribution in [0.3, 0.4) is 0 Å². The van der Waals surface area contributed by atoms with Gasteiger partial charge in [0.15, 0.2) is 0 Å². The van der Waals surface area contributed by atoms with Crippen LogP contribution in [0.1, 0.15) is 15.9 Å². The van der Waals surface area contributed by atoms with E-state index in [1.165, 1.54) is 6.20 Å². The van der Waals surface area contributed by atoms with Crippen LogP contribution in [0.2, 0.25) is 5.15 Å². The minimum absolute atomic E-state index is 0.150. The Hall–Kier alpha value is -1.94. The molecule has 92 valence electrons. The molecule has 2 rings (SSSR count). The highest BCUT2D eigenvalue weighted by molar-refractivity contribution is 6.29. The lowest BCUT2D eigenvalue weighted by atomic mass is 10.2. The van der Waals surface area contributed by atoms with Crippen molar-refractivity contribution >= 4 is 17.5 Å². The van der Waals surface area contributed by atoms with Gasteiger partial charge in [-0.1, -0.05) is 17.7 Å². The van der Waals surface area contributed by atoms with Crippen LogP contribution in [0.15, 0.2) is 42.9 Å². The van der Waals surface area contributed by atoms with Gasteiger partial charge < -0.3 is 5.32 Å². The Morgan fingerprint density at radius 1 is 1.28 bits per heavy atom. The first-order chi connectivity index (χ1) is 8.75. The van der Waals surface area contributed by atoms with E-state index in [0.29, 0.717) is 17.3 Å². The Bertz CT molecular complexity index is 514. The van der Waals surface area contributed by atoms with Gasteiger partial charge >= 0.3 is 0 Å².